The molecule has 10 heteroatoms. The molecular formula is C16H23F3N4O3. The molecule has 1 spiro atoms. The molecule has 1 aliphatic carbocycles. The van der Waals surface area contributed by atoms with E-state index in [-0.39, 0.29) is 25.5 Å². The Morgan fingerprint density at radius 3 is 2.50 bits per heavy atom. The van der Waals surface area contributed by atoms with Crippen LogP contribution in [0, 0.1) is 0 Å². The molecule has 0 bridgehead atoms. The Labute approximate surface area is 149 Å². The van der Waals surface area contributed by atoms with Crippen molar-refractivity contribution in [2.45, 2.75) is 49.9 Å². The first-order valence-electron chi connectivity index (χ1n) is 8.83. The van der Waals surface area contributed by atoms with E-state index in [1.54, 1.807) is 11.9 Å². The zero-order valence-corrected chi connectivity index (χ0v) is 14.6. The summed E-state index contributed by atoms with van der Waals surface area (Å²) in [6, 6.07) is -1.08. The number of nitrogens with zero attached hydrogens (tertiary/aromatic N) is 3. The molecule has 2 saturated heterocycles. The van der Waals surface area contributed by atoms with E-state index in [0.29, 0.717) is 19.3 Å². The molecule has 0 aromatic carbocycles. The van der Waals surface area contributed by atoms with E-state index >= 15 is 0 Å². The van der Waals surface area contributed by atoms with Crippen molar-refractivity contribution < 1.29 is 27.6 Å². The lowest BCUT2D eigenvalue weighted by Gasteiger charge is -2.26. The van der Waals surface area contributed by atoms with E-state index < -0.39 is 36.2 Å². The lowest BCUT2D eigenvalue weighted by Crippen LogP contribution is -2.46. The minimum Gasteiger partial charge on any atom is -0.332 e. The zero-order valence-electron chi connectivity index (χ0n) is 14.6. The fourth-order valence-electron chi connectivity index (χ4n) is 4.12. The molecule has 1 atom stereocenters. The van der Waals surface area contributed by atoms with Gasteiger partial charge in [-0.25, -0.2) is 4.79 Å². The number of rotatable bonds is 5. The quantitative estimate of drug-likeness (QED) is 0.725. The van der Waals surface area contributed by atoms with Crippen molar-refractivity contribution in [2.75, 3.05) is 33.2 Å². The highest BCUT2D eigenvalue weighted by molar-refractivity contribution is 6.07. The number of carbonyl (C=O) groups is 3. The van der Waals surface area contributed by atoms with Crippen LogP contribution < -0.4 is 5.32 Å². The van der Waals surface area contributed by atoms with Gasteiger partial charge in [-0.1, -0.05) is 12.8 Å². The highest BCUT2D eigenvalue weighted by Gasteiger charge is 2.52. The fraction of sp³-hybridized carbons (Fsp3) is 0.812. The maximum Gasteiger partial charge on any atom is 0.406 e. The monoisotopic (exact) mass is 376 g/mol. The van der Waals surface area contributed by atoms with Gasteiger partial charge in [-0.3, -0.25) is 19.4 Å². The summed E-state index contributed by atoms with van der Waals surface area (Å²) in [5.74, 6) is -0.792. The summed E-state index contributed by atoms with van der Waals surface area (Å²) in [7, 11) is 1.63. The average molecular weight is 376 g/mol. The van der Waals surface area contributed by atoms with Gasteiger partial charge < -0.3 is 10.2 Å². The van der Waals surface area contributed by atoms with E-state index in [4.69, 9.17) is 0 Å². The van der Waals surface area contributed by atoms with Crippen LogP contribution in [0.2, 0.25) is 0 Å². The third-order valence-electron chi connectivity index (χ3n) is 5.55. The highest BCUT2D eigenvalue weighted by atomic mass is 19.4. The Balaban J connectivity index is 1.54. The summed E-state index contributed by atoms with van der Waals surface area (Å²) in [4.78, 5) is 40.5. The molecule has 0 aromatic heterocycles. The van der Waals surface area contributed by atoms with Crippen LogP contribution in [-0.2, 0) is 9.59 Å². The molecule has 1 N–H and O–H groups in total. The molecule has 4 amide bonds. The molecule has 2 aliphatic heterocycles. The molecule has 3 aliphatic rings. The molecule has 146 valence electrons. The van der Waals surface area contributed by atoms with E-state index in [9.17, 15) is 27.6 Å². The van der Waals surface area contributed by atoms with Gasteiger partial charge in [-0.15, -0.1) is 0 Å². The summed E-state index contributed by atoms with van der Waals surface area (Å²) in [6.45, 7) is -0.831. The molecular weight excluding hydrogens is 353 g/mol. The van der Waals surface area contributed by atoms with Crippen molar-refractivity contribution in [1.29, 1.82) is 0 Å². The first-order chi connectivity index (χ1) is 12.1. The topological polar surface area (TPSA) is 73.0 Å². The van der Waals surface area contributed by atoms with Gasteiger partial charge in [0.25, 0.3) is 5.91 Å². The number of imide groups is 1. The normalized spacial score (nSPS) is 25.9. The predicted molar refractivity (Wildman–Crippen MR) is 85.1 cm³/mol. The summed E-state index contributed by atoms with van der Waals surface area (Å²) in [5, 5.41) is 2.78. The van der Waals surface area contributed by atoms with Crippen molar-refractivity contribution in [3.8, 4) is 0 Å². The second-order valence-corrected chi connectivity index (χ2v) is 7.34. The van der Waals surface area contributed by atoms with Gasteiger partial charge >= 0.3 is 12.2 Å². The van der Waals surface area contributed by atoms with Gasteiger partial charge in [0.15, 0.2) is 0 Å². The second kappa shape index (κ2) is 6.71. The van der Waals surface area contributed by atoms with E-state index in [2.05, 4.69) is 5.32 Å². The summed E-state index contributed by atoms with van der Waals surface area (Å²) in [6.07, 6.45) is -1.06. The number of nitrogens with one attached hydrogen (secondary N) is 1. The van der Waals surface area contributed by atoms with Crippen LogP contribution in [0.4, 0.5) is 18.0 Å². The number of likely N-dealkylation sites (tertiary alicyclic amines) is 1. The number of carbonyl (C=O) groups excluding carboxylic acids is 3. The number of urea groups is 1. The summed E-state index contributed by atoms with van der Waals surface area (Å²) >= 11 is 0. The number of halogens is 3. The Morgan fingerprint density at radius 1 is 1.23 bits per heavy atom. The van der Waals surface area contributed by atoms with E-state index in [1.165, 1.54) is 0 Å². The first kappa shape index (κ1) is 18.9. The molecule has 1 saturated carbocycles. The summed E-state index contributed by atoms with van der Waals surface area (Å²) in [5.41, 5.74) is -0.775. The standard InChI is InChI=1S/C16H23F3N4O3/c1-21(11-4-7-22(12(11)24)10-16(17,18)19)8-9-23-13(25)15(20-14(23)26)5-2-3-6-15/h11H,2-10H2,1H3,(H,20,26). The minimum absolute atomic E-state index is 0.0552. The number of amides is 4. The molecule has 26 heavy (non-hydrogen) atoms. The lowest BCUT2D eigenvalue weighted by molar-refractivity contribution is -0.159. The summed E-state index contributed by atoms with van der Waals surface area (Å²) < 4.78 is 37.5. The molecule has 3 fully saturated rings. The zero-order chi connectivity index (χ0) is 19.1. The average Bonchev–Trinajstić information content (AvgIpc) is 3.20. The number of hydrogen-bond acceptors (Lipinski definition) is 4. The molecule has 0 radical (unpaired) electrons. The minimum atomic E-state index is -4.42. The van der Waals surface area contributed by atoms with Gasteiger partial charge in [-0.05, 0) is 26.3 Å². The first-order valence-corrected chi connectivity index (χ1v) is 8.83. The van der Waals surface area contributed by atoms with E-state index in [1.807, 2.05) is 0 Å². The van der Waals surface area contributed by atoms with Gasteiger partial charge in [0.05, 0.1) is 6.04 Å². The smallest absolute Gasteiger partial charge is 0.332 e. The van der Waals surface area contributed by atoms with Crippen molar-refractivity contribution in [3.05, 3.63) is 0 Å². The molecule has 0 aromatic rings. The van der Waals surface area contributed by atoms with Crippen LogP contribution in [-0.4, -0.2) is 83.5 Å². The second-order valence-electron chi connectivity index (χ2n) is 7.34. The van der Waals surface area contributed by atoms with Crippen molar-refractivity contribution >= 4 is 17.8 Å². The van der Waals surface area contributed by atoms with Crippen LogP contribution >= 0.6 is 0 Å². The Kier molecular flexibility index (Phi) is 4.89. The maximum atomic E-state index is 12.6. The van der Waals surface area contributed by atoms with Crippen LogP contribution in [0.25, 0.3) is 0 Å². The Hall–Kier alpha value is -1.84. The van der Waals surface area contributed by atoms with Gasteiger partial charge in [-0.2, -0.15) is 13.2 Å². The van der Waals surface area contributed by atoms with Crippen molar-refractivity contribution in [3.63, 3.8) is 0 Å². The lowest BCUT2D eigenvalue weighted by atomic mass is 9.98. The van der Waals surface area contributed by atoms with Gasteiger partial charge in [0, 0.05) is 19.6 Å². The SMILES string of the molecule is CN(CCN1C(=O)NC2(CCCC2)C1=O)C1CCN(CC(F)(F)F)C1=O. The van der Waals surface area contributed by atoms with Crippen LogP contribution in [0.1, 0.15) is 32.1 Å². The third kappa shape index (κ3) is 3.51. The largest absolute Gasteiger partial charge is 0.406 e. The van der Waals surface area contributed by atoms with Crippen LogP contribution in [0.15, 0.2) is 0 Å². The number of likely N-dealkylation sites (N-methyl/N-ethyl adjacent to an activating group) is 1. The maximum absolute atomic E-state index is 12.6. The molecule has 7 nitrogen and oxygen atoms in total. The van der Waals surface area contributed by atoms with Crippen molar-refractivity contribution in [1.82, 2.24) is 20.0 Å². The van der Waals surface area contributed by atoms with Crippen molar-refractivity contribution in [2.24, 2.45) is 0 Å². The van der Waals surface area contributed by atoms with Gasteiger partial charge in [0.1, 0.15) is 12.1 Å². The van der Waals surface area contributed by atoms with E-state index in [0.717, 1.165) is 22.6 Å². The number of hydrogen-bond donors (Lipinski definition) is 1. The predicted octanol–water partition coefficient (Wildman–Crippen LogP) is 0.946. The highest BCUT2D eigenvalue weighted by Crippen LogP contribution is 2.35. The molecule has 3 rings (SSSR count). The molecule has 1 unspecified atom stereocenters. The molecule has 2 heterocycles. The fourth-order valence-corrected chi connectivity index (χ4v) is 4.12. The van der Waals surface area contributed by atoms with Crippen LogP contribution in [0.3, 0.4) is 0 Å². The third-order valence-corrected chi connectivity index (χ3v) is 5.55. The Morgan fingerprint density at radius 2 is 1.88 bits per heavy atom. The number of alkyl halides is 3. The Bertz CT molecular complexity index is 604. The van der Waals surface area contributed by atoms with Gasteiger partial charge in [0.2, 0.25) is 5.91 Å². The van der Waals surface area contributed by atoms with Crippen LogP contribution in [0.5, 0.6) is 0 Å².